The molecular formula is C16H23N5O3. The van der Waals surface area contributed by atoms with Crippen molar-refractivity contribution in [3.63, 3.8) is 0 Å². The predicted octanol–water partition coefficient (Wildman–Crippen LogP) is 2.12. The molecule has 130 valence electrons. The molecule has 1 fully saturated rings. The summed E-state index contributed by atoms with van der Waals surface area (Å²) in [6.07, 6.45) is 1.67. The van der Waals surface area contributed by atoms with E-state index in [2.05, 4.69) is 25.7 Å². The highest BCUT2D eigenvalue weighted by Gasteiger charge is 2.32. The third-order valence-electron chi connectivity index (χ3n) is 4.29. The van der Waals surface area contributed by atoms with Gasteiger partial charge in [-0.1, -0.05) is 19.0 Å². The van der Waals surface area contributed by atoms with Gasteiger partial charge in [0.25, 0.3) is 5.91 Å². The Morgan fingerprint density at radius 2 is 2.12 bits per heavy atom. The van der Waals surface area contributed by atoms with E-state index in [-0.39, 0.29) is 23.8 Å². The van der Waals surface area contributed by atoms with Gasteiger partial charge in [-0.25, -0.2) is 0 Å². The summed E-state index contributed by atoms with van der Waals surface area (Å²) in [6, 6.07) is 1.45. The fourth-order valence-electron chi connectivity index (χ4n) is 2.83. The van der Waals surface area contributed by atoms with E-state index in [9.17, 15) is 4.79 Å². The van der Waals surface area contributed by atoms with Gasteiger partial charge in [0.05, 0.1) is 0 Å². The van der Waals surface area contributed by atoms with Crippen molar-refractivity contribution in [2.45, 2.75) is 45.6 Å². The summed E-state index contributed by atoms with van der Waals surface area (Å²) < 4.78 is 10.7. The zero-order valence-electron chi connectivity index (χ0n) is 14.2. The number of nitrogens with zero attached hydrogens (tertiary/aromatic N) is 3. The lowest BCUT2D eigenvalue weighted by Crippen LogP contribution is -2.36. The topological polar surface area (TPSA) is 106 Å². The molecule has 0 unspecified atom stereocenters. The highest BCUT2D eigenvalue weighted by atomic mass is 16.5. The van der Waals surface area contributed by atoms with Gasteiger partial charge in [0.15, 0.2) is 5.82 Å². The Morgan fingerprint density at radius 3 is 2.71 bits per heavy atom. The zero-order valence-corrected chi connectivity index (χ0v) is 14.2. The summed E-state index contributed by atoms with van der Waals surface area (Å²) in [7, 11) is 0. The molecule has 1 amide bonds. The number of ether oxygens (including phenoxy) is 1. The van der Waals surface area contributed by atoms with E-state index in [1.807, 2.05) is 13.8 Å². The largest absolute Gasteiger partial charge is 0.381 e. The second-order valence-corrected chi connectivity index (χ2v) is 6.44. The molecule has 8 heteroatoms. The van der Waals surface area contributed by atoms with Gasteiger partial charge < -0.3 is 14.6 Å². The van der Waals surface area contributed by atoms with Crippen LogP contribution in [0, 0.1) is 12.8 Å². The number of amides is 1. The highest BCUT2D eigenvalue weighted by molar-refractivity contribution is 5.92. The van der Waals surface area contributed by atoms with Gasteiger partial charge in [-0.15, -0.1) is 0 Å². The molecule has 0 aromatic carbocycles. The van der Waals surface area contributed by atoms with Crippen LogP contribution in [-0.2, 0) is 4.74 Å². The average molecular weight is 333 g/mol. The predicted molar refractivity (Wildman–Crippen MR) is 85.5 cm³/mol. The molecule has 1 atom stereocenters. The Hall–Kier alpha value is -2.22. The summed E-state index contributed by atoms with van der Waals surface area (Å²) in [6.45, 7) is 7.19. The second kappa shape index (κ2) is 7.12. The number of carbonyl (C=O) groups excluding carboxylic acids is 1. The number of aromatic nitrogens is 4. The molecule has 0 saturated carbocycles. The quantitative estimate of drug-likeness (QED) is 0.868. The SMILES string of the molecule is Cc1noc([C@H](NC(=O)c2cc(C(C)C)[nH]n2)C2CCOCC2)n1. The molecule has 3 heterocycles. The number of aryl methyl sites for hydroxylation is 1. The fourth-order valence-corrected chi connectivity index (χ4v) is 2.83. The molecule has 3 rings (SSSR count). The van der Waals surface area contributed by atoms with Gasteiger partial charge in [-0.2, -0.15) is 10.1 Å². The maximum Gasteiger partial charge on any atom is 0.272 e. The molecule has 0 spiro atoms. The van der Waals surface area contributed by atoms with Crippen LogP contribution in [0.15, 0.2) is 10.6 Å². The lowest BCUT2D eigenvalue weighted by Gasteiger charge is -2.28. The number of carbonyl (C=O) groups is 1. The maximum absolute atomic E-state index is 12.6. The van der Waals surface area contributed by atoms with E-state index in [0.717, 1.165) is 18.5 Å². The average Bonchev–Trinajstić information content (AvgIpc) is 3.22. The van der Waals surface area contributed by atoms with Crippen molar-refractivity contribution in [2.24, 2.45) is 5.92 Å². The maximum atomic E-state index is 12.6. The minimum absolute atomic E-state index is 0.200. The normalized spacial score (nSPS) is 17.2. The molecular weight excluding hydrogens is 310 g/mol. The van der Waals surface area contributed by atoms with E-state index in [0.29, 0.717) is 30.6 Å². The van der Waals surface area contributed by atoms with Crippen LogP contribution in [-0.4, -0.2) is 39.5 Å². The van der Waals surface area contributed by atoms with E-state index in [1.165, 1.54) is 0 Å². The molecule has 0 bridgehead atoms. The van der Waals surface area contributed by atoms with Crippen LogP contribution in [0.25, 0.3) is 0 Å². The van der Waals surface area contributed by atoms with Crippen molar-refractivity contribution < 1.29 is 14.1 Å². The van der Waals surface area contributed by atoms with Crippen molar-refractivity contribution in [1.29, 1.82) is 0 Å². The minimum atomic E-state index is -0.332. The number of nitrogens with one attached hydrogen (secondary N) is 2. The summed E-state index contributed by atoms with van der Waals surface area (Å²) >= 11 is 0. The van der Waals surface area contributed by atoms with Crippen LogP contribution in [0.5, 0.6) is 0 Å². The fraction of sp³-hybridized carbons (Fsp3) is 0.625. The summed E-state index contributed by atoms with van der Waals surface area (Å²) in [5.74, 6) is 1.23. The van der Waals surface area contributed by atoms with Crippen molar-refractivity contribution in [3.8, 4) is 0 Å². The molecule has 1 aliphatic heterocycles. The van der Waals surface area contributed by atoms with Crippen molar-refractivity contribution >= 4 is 5.91 Å². The lowest BCUT2D eigenvalue weighted by atomic mass is 9.91. The minimum Gasteiger partial charge on any atom is -0.381 e. The monoisotopic (exact) mass is 333 g/mol. The molecule has 0 radical (unpaired) electrons. The molecule has 2 N–H and O–H groups in total. The van der Waals surface area contributed by atoms with Gasteiger partial charge in [0.2, 0.25) is 5.89 Å². The van der Waals surface area contributed by atoms with Crippen LogP contribution in [0.3, 0.4) is 0 Å². The standard InChI is InChI=1S/C16H23N5O3/c1-9(2)12-8-13(20-19-12)15(22)18-14(11-4-6-23-7-5-11)16-17-10(3)21-24-16/h8-9,11,14H,4-7H2,1-3H3,(H,18,22)(H,19,20)/t14-/m1/s1. The van der Waals surface area contributed by atoms with Crippen LogP contribution in [0.2, 0.25) is 0 Å². The number of rotatable bonds is 5. The van der Waals surface area contributed by atoms with Crippen molar-refractivity contribution in [2.75, 3.05) is 13.2 Å². The first-order valence-electron chi connectivity index (χ1n) is 8.28. The number of hydrogen-bond donors (Lipinski definition) is 2. The summed E-state index contributed by atoms with van der Waals surface area (Å²) in [5.41, 5.74) is 1.29. The van der Waals surface area contributed by atoms with Crippen LogP contribution >= 0.6 is 0 Å². The van der Waals surface area contributed by atoms with E-state index < -0.39 is 0 Å². The Bertz CT molecular complexity index is 687. The first-order valence-corrected chi connectivity index (χ1v) is 8.28. The summed E-state index contributed by atoms with van der Waals surface area (Å²) in [4.78, 5) is 16.9. The zero-order chi connectivity index (χ0) is 17.1. The Labute approximate surface area is 140 Å². The molecule has 2 aromatic heterocycles. The smallest absolute Gasteiger partial charge is 0.272 e. The lowest BCUT2D eigenvalue weighted by molar-refractivity contribution is 0.0467. The first-order chi connectivity index (χ1) is 11.5. The molecule has 8 nitrogen and oxygen atoms in total. The molecule has 1 saturated heterocycles. The van der Waals surface area contributed by atoms with Crippen molar-refractivity contribution in [3.05, 3.63) is 29.2 Å². The highest BCUT2D eigenvalue weighted by Crippen LogP contribution is 2.29. The molecule has 24 heavy (non-hydrogen) atoms. The van der Waals surface area contributed by atoms with Crippen LogP contribution < -0.4 is 5.32 Å². The molecule has 0 aliphatic carbocycles. The Morgan fingerprint density at radius 1 is 1.38 bits per heavy atom. The third kappa shape index (κ3) is 3.64. The Balaban J connectivity index is 1.78. The van der Waals surface area contributed by atoms with E-state index in [1.54, 1.807) is 13.0 Å². The number of hydrogen-bond acceptors (Lipinski definition) is 6. The molecule has 2 aromatic rings. The van der Waals surface area contributed by atoms with Gasteiger partial charge in [0, 0.05) is 18.9 Å². The van der Waals surface area contributed by atoms with Crippen molar-refractivity contribution in [1.82, 2.24) is 25.7 Å². The summed E-state index contributed by atoms with van der Waals surface area (Å²) in [5, 5.41) is 13.9. The van der Waals surface area contributed by atoms with Gasteiger partial charge in [-0.3, -0.25) is 9.89 Å². The Kier molecular flexibility index (Phi) is 4.94. The van der Waals surface area contributed by atoms with E-state index in [4.69, 9.17) is 9.26 Å². The number of aromatic amines is 1. The van der Waals surface area contributed by atoms with Crippen LogP contribution in [0.4, 0.5) is 0 Å². The third-order valence-corrected chi connectivity index (χ3v) is 4.29. The first kappa shape index (κ1) is 16.6. The van der Waals surface area contributed by atoms with Crippen LogP contribution in [0.1, 0.15) is 66.5 Å². The molecule has 1 aliphatic rings. The van der Waals surface area contributed by atoms with Gasteiger partial charge >= 0.3 is 0 Å². The second-order valence-electron chi connectivity index (χ2n) is 6.44. The number of H-pyrrole nitrogens is 1. The van der Waals surface area contributed by atoms with E-state index >= 15 is 0 Å². The van der Waals surface area contributed by atoms with Gasteiger partial charge in [0.1, 0.15) is 11.7 Å². The van der Waals surface area contributed by atoms with Gasteiger partial charge in [-0.05, 0) is 37.7 Å².